The number of hydrogen-bond acceptors (Lipinski definition) is 5. The number of nitrogens with zero attached hydrogens (tertiary/aromatic N) is 5. The Balaban J connectivity index is 1.25. The van der Waals surface area contributed by atoms with Crippen molar-refractivity contribution in [1.29, 1.82) is 0 Å². The molecule has 0 radical (unpaired) electrons. The van der Waals surface area contributed by atoms with Crippen LogP contribution in [0, 0.1) is 6.92 Å². The molecule has 1 atom stereocenters. The van der Waals surface area contributed by atoms with Gasteiger partial charge in [-0.25, -0.2) is 18.9 Å². The average molecular weight is 653 g/mol. The Hall–Kier alpha value is -4.65. The van der Waals surface area contributed by atoms with Crippen molar-refractivity contribution >= 4 is 34.5 Å². The van der Waals surface area contributed by atoms with Crippen LogP contribution in [-0.2, 0) is 6.42 Å². The third kappa shape index (κ3) is 8.13. The minimum Gasteiger partial charge on any atom is -0.406 e. The predicted octanol–water partition coefficient (Wildman–Crippen LogP) is 8.46. The molecule has 1 unspecified atom stereocenters. The Morgan fingerprint density at radius 1 is 1.13 bits per heavy atom. The molecular formula is C33H32F4N6O2S. The highest BCUT2D eigenvalue weighted by Gasteiger charge is 2.31. The van der Waals surface area contributed by atoms with E-state index in [1.807, 2.05) is 6.92 Å². The van der Waals surface area contributed by atoms with E-state index in [1.54, 1.807) is 12.1 Å². The number of urea groups is 1. The molecule has 1 aromatic heterocycles. The molecule has 8 nitrogen and oxygen atoms in total. The fourth-order valence-corrected chi connectivity index (χ4v) is 6.15. The van der Waals surface area contributed by atoms with Gasteiger partial charge in [0.2, 0.25) is 0 Å². The van der Waals surface area contributed by atoms with Crippen molar-refractivity contribution in [3.63, 3.8) is 0 Å². The van der Waals surface area contributed by atoms with Crippen molar-refractivity contribution in [2.75, 3.05) is 10.7 Å². The summed E-state index contributed by atoms with van der Waals surface area (Å²) in [7, 11) is 0. The molecule has 240 valence electrons. The molecule has 2 heterocycles. The number of aromatic nitrogens is 3. The fraction of sp³-hybridized carbons (Fsp3) is 0.273. The number of nitrogens with one attached hydrogen (secondary N) is 1. The number of anilines is 1. The maximum atomic E-state index is 15.0. The molecule has 3 aromatic carbocycles. The predicted molar refractivity (Wildman–Crippen MR) is 173 cm³/mol. The normalized spacial score (nSPS) is 16.5. The monoisotopic (exact) mass is 652 g/mol. The van der Waals surface area contributed by atoms with Crippen LogP contribution in [0.5, 0.6) is 5.75 Å². The number of hydrogen-bond donors (Lipinski definition) is 1. The lowest BCUT2D eigenvalue weighted by atomic mass is 10.0. The number of aryl methyl sites for hydroxylation is 2. The third-order valence-electron chi connectivity index (χ3n) is 7.20. The quantitative estimate of drug-likeness (QED) is 0.192. The first-order valence-electron chi connectivity index (χ1n) is 14.7. The van der Waals surface area contributed by atoms with Gasteiger partial charge in [-0.05, 0) is 68.1 Å². The average Bonchev–Trinajstić information content (AvgIpc) is 3.51. The van der Waals surface area contributed by atoms with Crippen molar-refractivity contribution in [1.82, 2.24) is 20.1 Å². The lowest BCUT2D eigenvalue weighted by molar-refractivity contribution is -0.274. The minimum atomic E-state index is -4.78. The molecular weight excluding hydrogens is 620 g/mol. The number of rotatable bonds is 8. The highest BCUT2D eigenvalue weighted by molar-refractivity contribution is 8.14. The Labute approximate surface area is 268 Å². The summed E-state index contributed by atoms with van der Waals surface area (Å²) in [4.78, 5) is 23.5. The molecule has 0 aliphatic carbocycles. The van der Waals surface area contributed by atoms with Gasteiger partial charge in [-0.15, -0.1) is 18.3 Å². The van der Waals surface area contributed by atoms with Crippen molar-refractivity contribution in [3.8, 4) is 22.8 Å². The van der Waals surface area contributed by atoms with Gasteiger partial charge in [0.15, 0.2) is 11.0 Å². The van der Waals surface area contributed by atoms with Crippen LogP contribution in [0.2, 0.25) is 0 Å². The van der Waals surface area contributed by atoms with E-state index in [4.69, 9.17) is 0 Å². The van der Waals surface area contributed by atoms with Crippen molar-refractivity contribution in [2.24, 2.45) is 4.99 Å². The van der Waals surface area contributed by atoms with Gasteiger partial charge in [0, 0.05) is 34.8 Å². The van der Waals surface area contributed by atoms with E-state index in [0.29, 0.717) is 22.2 Å². The summed E-state index contributed by atoms with van der Waals surface area (Å²) in [6, 6.07) is 17.3. The van der Waals surface area contributed by atoms with Gasteiger partial charge in [0.05, 0.1) is 5.69 Å². The first-order valence-corrected chi connectivity index (χ1v) is 15.6. The number of carbonyl (C=O) groups is 1. The summed E-state index contributed by atoms with van der Waals surface area (Å²) in [6.45, 7) is 6.28. The minimum absolute atomic E-state index is 0.148. The first kappa shape index (κ1) is 32.7. The van der Waals surface area contributed by atoms with Crippen molar-refractivity contribution in [2.45, 2.75) is 52.4 Å². The SMILES string of the molecule is CCCc1ccc(C)cc1N1/C(=N/C(=O)N/C=C(\F)c2ccc(-c3ncn(-c4ccc(OC(F)(F)F)cc4)n3)cc2)SCCC1C. The molecule has 0 saturated carbocycles. The van der Waals surface area contributed by atoms with E-state index >= 15 is 4.39 Å². The molecule has 2 amide bonds. The molecule has 4 aromatic rings. The second-order valence-corrected chi connectivity index (χ2v) is 11.8. The lowest BCUT2D eigenvalue weighted by Crippen LogP contribution is -2.42. The van der Waals surface area contributed by atoms with Crippen LogP contribution in [0.25, 0.3) is 22.9 Å². The van der Waals surface area contributed by atoms with Crippen LogP contribution in [0.15, 0.2) is 84.2 Å². The van der Waals surface area contributed by atoms with Gasteiger partial charge < -0.3 is 15.0 Å². The molecule has 1 fully saturated rings. The number of benzene rings is 3. The maximum Gasteiger partial charge on any atom is 0.573 e. The summed E-state index contributed by atoms with van der Waals surface area (Å²) in [6.07, 6.45) is 0.459. The number of halogens is 4. The molecule has 13 heteroatoms. The Bertz CT molecular complexity index is 1740. The molecule has 1 saturated heterocycles. The van der Waals surface area contributed by atoms with Gasteiger partial charge in [-0.3, -0.25) is 0 Å². The van der Waals surface area contributed by atoms with Gasteiger partial charge >= 0.3 is 12.4 Å². The fourth-order valence-electron chi connectivity index (χ4n) is 4.94. The highest BCUT2D eigenvalue weighted by atomic mass is 32.2. The molecule has 46 heavy (non-hydrogen) atoms. The summed E-state index contributed by atoms with van der Waals surface area (Å²) < 4.78 is 57.6. The summed E-state index contributed by atoms with van der Waals surface area (Å²) >= 11 is 1.50. The van der Waals surface area contributed by atoms with Crippen LogP contribution in [0.4, 0.5) is 28.0 Å². The number of amidine groups is 1. The summed E-state index contributed by atoms with van der Waals surface area (Å²) in [5.41, 5.74) is 4.65. The molecule has 0 bridgehead atoms. The van der Waals surface area contributed by atoms with Gasteiger partial charge in [-0.2, -0.15) is 4.99 Å². The molecule has 0 spiro atoms. The first-order chi connectivity index (χ1) is 22.0. The highest BCUT2D eigenvalue weighted by Crippen LogP contribution is 2.33. The topological polar surface area (TPSA) is 84.6 Å². The smallest absolute Gasteiger partial charge is 0.406 e. The number of thioether (sulfide) groups is 1. The number of amides is 2. The van der Waals surface area contributed by atoms with E-state index in [9.17, 15) is 18.0 Å². The number of ether oxygens (including phenoxy) is 1. The van der Waals surface area contributed by atoms with E-state index in [-0.39, 0.29) is 17.4 Å². The molecule has 1 N–H and O–H groups in total. The van der Waals surface area contributed by atoms with Crippen LogP contribution in [0.3, 0.4) is 0 Å². The maximum absolute atomic E-state index is 15.0. The second-order valence-electron chi connectivity index (χ2n) is 10.7. The molecule has 1 aliphatic heterocycles. The Kier molecular flexibility index (Phi) is 10.1. The summed E-state index contributed by atoms with van der Waals surface area (Å²) in [5.74, 6) is 0.143. The zero-order chi connectivity index (χ0) is 32.8. The van der Waals surface area contributed by atoms with E-state index in [0.717, 1.165) is 42.5 Å². The van der Waals surface area contributed by atoms with Gasteiger partial charge in [-0.1, -0.05) is 61.5 Å². The van der Waals surface area contributed by atoms with E-state index in [1.165, 1.54) is 64.7 Å². The van der Waals surface area contributed by atoms with Crippen LogP contribution in [-0.4, -0.2) is 44.1 Å². The van der Waals surface area contributed by atoms with E-state index in [2.05, 4.69) is 62.1 Å². The summed E-state index contributed by atoms with van der Waals surface area (Å²) in [5, 5.41) is 7.38. The largest absolute Gasteiger partial charge is 0.573 e. The van der Waals surface area contributed by atoms with E-state index < -0.39 is 18.2 Å². The Morgan fingerprint density at radius 2 is 1.87 bits per heavy atom. The van der Waals surface area contributed by atoms with Crippen LogP contribution in [0.1, 0.15) is 43.4 Å². The standard InChI is InChI=1S/C33H32F4N6O2S/c1-4-5-24-7-6-21(2)18-29(24)43-22(3)16-17-46-32(43)40-31(44)38-19-28(34)23-8-10-25(11-9-23)30-39-20-42(41-30)26-12-14-27(15-13-26)45-33(35,36)37/h6-15,18-20,22H,4-5,16-17H2,1-3H3,(H,38,44)/b28-19-,40-32-. The van der Waals surface area contributed by atoms with Gasteiger partial charge in [0.1, 0.15) is 17.9 Å². The van der Waals surface area contributed by atoms with Crippen molar-refractivity contribution in [3.05, 3.63) is 95.9 Å². The van der Waals surface area contributed by atoms with Crippen LogP contribution >= 0.6 is 11.8 Å². The number of alkyl halides is 3. The van der Waals surface area contributed by atoms with Gasteiger partial charge in [0.25, 0.3) is 0 Å². The molecule has 5 rings (SSSR count). The van der Waals surface area contributed by atoms with Crippen LogP contribution < -0.4 is 15.0 Å². The number of carbonyl (C=O) groups excluding carboxylic acids is 1. The number of aliphatic imine (C=N–C) groups is 1. The lowest BCUT2D eigenvalue weighted by Gasteiger charge is -2.37. The zero-order valence-corrected chi connectivity index (χ0v) is 26.2. The molecule has 1 aliphatic rings. The Morgan fingerprint density at radius 3 is 2.57 bits per heavy atom. The second kappa shape index (κ2) is 14.2. The van der Waals surface area contributed by atoms with Crippen molar-refractivity contribution < 1.29 is 27.1 Å². The zero-order valence-electron chi connectivity index (χ0n) is 25.4. The third-order valence-corrected chi connectivity index (χ3v) is 8.18.